The fourth-order valence-corrected chi connectivity index (χ4v) is 5.64. The predicted octanol–water partition coefficient (Wildman–Crippen LogP) is 5.48. The summed E-state index contributed by atoms with van der Waals surface area (Å²) in [6.45, 7) is 7.30. The van der Waals surface area contributed by atoms with E-state index < -0.39 is 40.2 Å². The van der Waals surface area contributed by atoms with E-state index in [0.717, 1.165) is 22.7 Å². The predicted molar refractivity (Wildman–Crippen MR) is 156 cm³/mol. The minimum atomic E-state index is -4.15. The van der Waals surface area contributed by atoms with E-state index in [1.807, 2.05) is 32.9 Å². The number of carbonyl (C=O) groups excluding carboxylic acids is 2. The molecule has 0 aromatic heterocycles. The number of hydrogen-bond donors (Lipinski definition) is 1. The van der Waals surface area contributed by atoms with Crippen LogP contribution in [0, 0.1) is 5.82 Å². The number of halogens is 1. The number of anilines is 1. The molecule has 0 heterocycles. The molecule has 1 N–H and O–H groups in total. The first kappa shape index (κ1) is 30.8. The molecule has 0 radical (unpaired) electrons. The molecule has 1 unspecified atom stereocenters. The highest BCUT2D eigenvalue weighted by molar-refractivity contribution is 7.92. The Balaban J connectivity index is 2.01. The third-order valence-electron chi connectivity index (χ3n) is 6.75. The topological polar surface area (TPSA) is 86.8 Å². The van der Waals surface area contributed by atoms with Crippen LogP contribution in [0.25, 0.3) is 0 Å². The second-order valence-corrected chi connectivity index (χ2v) is 11.9. The largest absolute Gasteiger partial charge is 0.354 e. The zero-order valence-corrected chi connectivity index (χ0v) is 24.3. The van der Waals surface area contributed by atoms with Crippen LogP contribution in [-0.2, 0) is 26.2 Å². The van der Waals surface area contributed by atoms with Crippen LogP contribution in [0.1, 0.15) is 57.6 Å². The molecule has 0 aliphatic rings. The third-order valence-corrected chi connectivity index (χ3v) is 8.54. The van der Waals surface area contributed by atoms with Gasteiger partial charge in [0.15, 0.2) is 0 Å². The van der Waals surface area contributed by atoms with Gasteiger partial charge in [0, 0.05) is 18.7 Å². The van der Waals surface area contributed by atoms with Crippen LogP contribution in [0.4, 0.5) is 10.1 Å². The summed E-state index contributed by atoms with van der Waals surface area (Å²) in [6.07, 6.45) is 1.66. The minimum absolute atomic E-state index is 0.0294. The number of hydrogen-bond acceptors (Lipinski definition) is 4. The maximum absolute atomic E-state index is 14.6. The van der Waals surface area contributed by atoms with Gasteiger partial charge in [-0.15, -0.1) is 0 Å². The summed E-state index contributed by atoms with van der Waals surface area (Å²) in [5, 5.41) is 2.82. The SMILES string of the molecule is CCCCNC(=O)C(C)N(Cc1ccccc1F)C(=O)CN(c1ccc(C(C)C)cc1)S(=O)(=O)c1ccccc1. The molecule has 1 atom stereocenters. The van der Waals surface area contributed by atoms with Crippen LogP contribution in [0.15, 0.2) is 83.8 Å². The second-order valence-electron chi connectivity index (χ2n) is 10.0. The molecule has 40 heavy (non-hydrogen) atoms. The Kier molecular flexibility index (Phi) is 10.8. The van der Waals surface area contributed by atoms with Crippen molar-refractivity contribution in [3.8, 4) is 0 Å². The van der Waals surface area contributed by atoms with Crippen LogP contribution in [-0.4, -0.2) is 44.3 Å². The molecule has 0 saturated heterocycles. The van der Waals surface area contributed by atoms with Crippen molar-refractivity contribution in [3.05, 3.63) is 95.8 Å². The number of rotatable bonds is 13. The van der Waals surface area contributed by atoms with E-state index >= 15 is 0 Å². The van der Waals surface area contributed by atoms with Crippen molar-refractivity contribution in [2.24, 2.45) is 0 Å². The van der Waals surface area contributed by atoms with Crippen molar-refractivity contribution in [1.29, 1.82) is 0 Å². The van der Waals surface area contributed by atoms with Gasteiger partial charge in [0.25, 0.3) is 10.0 Å². The molecule has 0 spiro atoms. The Bertz CT molecular complexity index is 1380. The van der Waals surface area contributed by atoms with Crippen LogP contribution < -0.4 is 9.62 Å². The van der Waals surface area contributed by atoms with Crippen molar-refractivity contribution in [2.75, 3.05) is 17.4 Å². The van der Waals surface area contributed by atoms with Gasteiger partial charge in [-0.05, 0) is 55.2 Å². The zero-order chi connectivity index (χ0) is 29.3. The molecule has 214 valence electrons. The maximum Gasteiger partial charge on any atom is 0.264 e. The van der Waals surface area contributed by atoms with E-state index in [-0.39, 0.29) is 22.9 Å². The summed E-state index contributed by atoms with van der Waals surface area (Å²) in [5.74, 6) is -1.30. The monoisotopic (exact) mass is 567 g/mol. The highest BCUT2D eigenvalue weighted by atomic mass is 32.2. The number of nitrogens with zero attached hydrogens (tertiary/aromatic N) is 2. The fourth-order valence-electron chi connectivity index (χ4n) is 4.20. The second kappa shape index (κ2) is 14.1. The molecule has 0 saturated carbocycles. The number of carbonyl (C=O) groups is 2. The summed E-state index contributed by atoms with van der Waals surface area (Å²) in [4.78, 5) is 28.1. The first-order valence-corrected chi connectivity index (χ1v) is 15.0. The van der Waals surface area contributed by atoms with Crippen molar-refractivity contribution >= 4 is 27.5 Å². The average molecular weight is 568 g/mol. The van der Waals surface area contributed by atoms with Gasteiger partial charge < -0.3 is 10.2 Å². The number of benzene rings is 3. The molecule has 9 heteroatoms. The molecule has 0 bridgehead atoms. The van der Waals surface area contributed by atoms with E-state index in [2.05, 4.69) is 5.32 Å². The molecule has 3 aromatic carbocycles. The summed E-state index contributed by atoms with van der Waals surface area (Å²) in [6, 6.07) is 19.9. The van der Waals surface area contributed by atoms with Gasteiger partial charge in [-0.2, -0.15) is 0 Å². The Morgan fingerprint density at radius 2 is 1.52 bits per heavy atom. The highest BCUT2D eigenvalue weighted by Crippen LogP contribution is 2.26. The van der Waals surface area contributed by atoms with Crippen molar-refractivity contribution in [1.82, 2.24) is 10.2 Å². The molecule has 2 amide bonds. The lowest BCUT2D eigenvalue weighted by Crippen LogP contribution is -2.51. The maximum atomic E-state index is 14.6. The quantitative estimate of drug-likeness (QED) is 0.277. The van der Waals surface area contributed by atoms with Gasteiger partial charge in [0.1, 0.15) is 18.4 Å². The van der Waals surface area contributed by atoms with Crippen LogP contribution in [0.5, 0.6) is 0 Å². The van der Waals surface area contributed by atoms with E-state index in [4.69, 9.17) is 0 Å². The molecule has 0 aliphatic heterocycles. The Morgan fingerprint density at radius 1 is 0.900 bits per heavy atom. The van der Waals surface area contributed by atoms with Gasteiger partial charge in [-0.1, -0.05) is 75.7 Å². The van der Waals surface area contributed by atoms with E-state index in [0.29, 0.717) is 12.2 Å². The first-order chi connectivity index (χ1) is 19.1. The number of unbranched alkanes of at least 4 members (excludes halogenated alkanes) is 1. The molecular formula is C31H38FN3O4S. The lowest BCUT2D eigenvalue weighted by atomic mass is 10.0. The van der Waals surface area contributed by atoms with Gasteiger partial charge in [0.05, 0.1) is 10.6 Å². The molecular weight excluding hydrogens is 529 g/mol. The summed E-state index contributed by atoms with van der Waals surface area (Å²) in [7, 11) is -4.15. The molecule has 3 aromatic rings. The zero-order valence-electron chi connectivity index (χ0n) is 23.5. The highest BCUT2D eigenvalue weighted by Gasteiger charge is 2.32. The number of amides is 2. The van der Waals surface area contributed by atoms with Gasteiger partial charge in [0.2, 0.25) is 11.8 Å². The third kappa shape index (κ3) is 7.69. The Morgan fingerprint density at radius 3 is 2.12 bits per heavy atom. The lowest BCUT2D eigenvalue weighted by Gasteiger charge is -2.32. The smallest absolute Gasteiger partial charge is 0.264 e. The van der Waals surface area contributed by atoms with E-state index in [1.54, 1.807) is 55.5 Å². The molecule has 0 aliphatic carbocycles. The molecule has 3 rings (SSSR count). The van der Waals surface area contributed by atoms with Gasteiger partial charge in [-0.3, -0.25) is 13.9 Å². The van der Waals surface area contributed by atoms with Crippen molar-refractivity contribution in [3.63, 3.8) is 0 Å². The number of nitrogens with one attached hydrogen (secondary N) is 1. The Labute approximate surface area is 237 Å². The van der Waals surface area contributed by atoms with Crippen LogP contribution >= 0.6 is 0 Å². The normalized spacial score (nSPS) is 12.2. The van der Waals surface area contributed by atoms with Gasteiger partial charge in [-0.25, -0.2) is 12.8 Å². The molecule has 0 fully saturated rings. The summed E-state index contributed by atoms with van der Waals surface area (Å²) >= 11 is 0. The van der Waals surface area contributed by atoms with E-state index in [9.17, 15) is 22.4 Å². The average Bonchev–Trinajstić information content (AvgIpc) is 2.95. The number of sulfonamides is 1. The van der Waals surface area contributed by atoms with Crippen LogP contribution in [0.3, 0.4) is 0 Å². The lowest BCUT2D eigenvalue weighted by molar-refractivity contribution is -0.139. The Hall–Kier alpha value is -3.72. The molecule has 7 nitrogen and oxygen atoms in total. The van der Waals surface area contributed by atoms with E-state index in [1.165, 1.54) is 23.1 Å². The summed E-state index contributed by atoms with van der Waals surface area (Å²) in [5.41, 5.74) is 1.56. The first-order valence-electron chi connectivity index (χ1n) is 13.5. The van der Waals surface area contributed by atoms with Crippen LogP contribution in [0.2, 0.25) is 0 Å². The fraction of sp³-hybridized carbons (Fsp3) is 0.355. The van der Waals surface area contributed by atoms with Gasteiger partial charge >= 0.3 is 0 Å². The summed E-state index contributed by atoms with van der Waals surface area (Å²) < 4.78 is 43.3. The standard InChI is InChI=1S/C31H38FN3O4S/c1-5-6-20-33-31(37)24(4)34(21-26-12-10-11-15-29(26)32)30(36)22-35(27-18-16-25(17-19-27)23(2)3)40(38,39)28-13-8-7-9-14-28/h7-19,23-24H,5-6,20-22H2,1-4H3,(H,33,37). The van der Waals surface area contributed by atoms with Crippen molar-refractivity contribution < 1.29 is 22.4 Å². The van der Waals surface area contributed by atoms with Crippen molar-refractivity contribution in [2.45, 2.75) is 63.9 Å². The minimum Gasteiger partial charge on any atom is -0.354 e.